The van der Waals surface area contributed by atoms with Gasteiger partial charge in [-0.2, -0.15) is 0 Å². The number of aromatic nitrogens is 3. The zero-order chi connectivity index (χ0) is 12.9. The van der Waals surface area contributed by atoms with E-state index < -0.39 is 0 Å². The van der Waals surface area contributed by atoms with Gasteiger partial charge >= 0.3 is 0 Å². The van der Waals surface area contributed by atoms with Crippen LogP contribution in [0.2, 0.25) is 5.28 Å². The summed E-state index contributed by atoms with van der Waals surface area (Å²) in [7, 11) is 0. The van der Waals surface area contributed by atoms with Gasteiger partial charge in [0.2, 0.25) is 5.28 Å². The van der Waals surface area contributed by atoms with Crippen molar-refractivity contribution in [3.63, 3.8) is 0 Å². The molecule has 18 heavy (non-hydrogen) atoms. The Balaban J connectivity index is 2.03. The van der Waals surface area contributed by atoms with E-state index in [1.165, 1.54) is 28.2 Å². The first-order valence-corrected chi connectivity index (χ1v) is 7.44. The lowest BCUT2D eigenvalue weighted by atomic mass is 10.1. The highest BCUT2D eigenvalue weighted by atomic mass is 35.5. The lowest BCUT2D eigenvalue weighted by Gasteiger charge is -2.16. The van der Waals surface area contributed by atoms with Crippen LogP contribution in [0, 0.1) is 13.8 Å². The van der Waals surface area contributed by atoms with Crippen molar-refractivity contribution >= 4 is 22.9 Å². The van der Waals surface area contributed by atoms with Crippen molar-refractivity contribution < 1.29 is 0 Å². The van der Waals surface area contributed by atoms with E-state index in [0.29, 0.717) is 11.2 Å². The van der Waals surface area contributed by atoms with Crippen LogP contribution in [0.1, 0.15) is 52.9 Å². The summed E-state index contributed by atoms with van der Waals surface area (Å²) in [6.45, 7) is 6.48. The number of nitrogens with zero attached hydrogens (tertiary/aromatic N) is 3. The Hall–Kier alpha value is -0.870. The zero-order valence-corrected chi connectivity index (χ0v) is 12.3. The molecule has 1 atom stereocenters. The van der Waals surface area contributed by atoms with Crippen molar-refractivity contribution in [2.24, 2.45) is 0 Å². The van der Waals surface area contributed by atoms with E-state index in [1.54, 1.807) is 0 Å². The molecule has 3 rings (SSSR count). The smallest absolute Gasteiger partial charge is 0.225 e. The highest BCUT2D eigenvalue weighted by molar-refractivity contribution is 7.12. The minimum Gasteiger partial charge on any atom is -0.294 e. The van der Waals surface area contributed by atoms with E-state index in [0.717, 1.165) is 5.82 Å². The normalized spacial score (nSPS) is 17.1. The van der Waals surface area contributed by atoms with Gasteiger partial charge in [-0.25, -0.2) is 0 Å². The lowest BCUT2D eigenvalue weighted by molar-refractivity contribution is 0.602. The molecule has 0 N–H and O–H groups in total. The van der Waals surface area contributed by atoms with Crippen molar-refractivity contribution in [2.75, 3.05) is 0 Å². The van der Waals surface area contributed by atoms with Crippen LogP contribution in [0.3, 0.4) is 0 Å². The molecule has 2 aromatic rings. The van der Waals surface area contributed by atoms with E-state index in [9.17, 15) is 0 Å². The van der Waals surface area contributed by atoms with Crippen LogP contribution in [0.15, 0.2) is 6.07 Å². The molecule has 0 spiro atoms. The van der Waals surface area contributed by atoms with E-state index >= 15 is 0 Å². The van der Waals surface area contributed by atoms with Gasteiger partial charge in [-0.05, 0) is 56.8 Å². The number of hydrogen-bond donors (Lipinski definition) is 0. The summed E-state index contributed by atoms with van der Waals surface area (Å²) >= 11 is 8.05. The second-order valence-electron chi connectivity index (χ2n) is 5.02. The Morgan fingerprint density at radius 1 is 1.39 bits per heavy atom. The summed E-state index contributed by atoms with van der Waals surface area (Å²) < 4.78 is 2.09. The Bertz CT molecular complexity index is 583. The van der Waals surface area contributed by atoms with Crippen LogP contribution < -0.4 is 0 Å². The second kappa shape index (κ2) is 4.35. The molecule has 2 heterocycles. The van der Waals surface area contributed by atoms with Gasteiger partial charge in [0, 0.05) is 15.7 Å². The van der Waals surface area contributed by atoms with Crippen molar-refractivity contribution in [1.82, 2.24) is 14.8 Å². The number of rotatable bonds is 3. The molecular formula is C13H16ClN3S. The van der Waals surface area contributed by atoms with Crippen LogP contribution in [0.5, 0.6) is 0 Å². The minimum absolute atomic E-state index is 0.216. The van der Waals surface area contributed by atoms with E-state index in [-0.39, 0.29) is 6.04 Å². The van der Waals surface area contributed by atoms with Gasteiger partial charge in [0.15, 0.2) is 0 Å². The largest absolute Gasteiger partial charge is 0.294 e. The molecule has 0 bridgehead atoms. The fourth-order valence-electron chi connectivity index (χ4n) is 2.47. The van der Waals surface area contributed by atoms with Crippen LogP contribution in [-0.2, 0) is 0 Å². The summed E-state index contributed by atoms with van der Waals surface area (Å²) in [5.74, 6) is 1.61. The molecule has 2 aromatic heterocycles. The quantitative estimate of drug-likeness (QED) is 0.848. The minimum atomic E-state index is 0.216. The summed E-state index contributed by atoms with van der Waals surface area (Å²) in [6.07, 6.45) is 2.42. The van der Waals surface area contributed by atoms with Crippen molar-refractivity contribution in [3.8, 4) is 0 Å². The maximum Gasteiger partial charge on any atom is 0.225 e. The maximum absolute atomic E-state index is 6.21. The molecule has 1 aliphatic carbocycles. The molecule has 0 amide bonds. The first kappa shape index (κ1) is 12.2. The average molecular weight is 282 g/mol. The first-order chi connectivity index (χ1) is 8.58. The SMILES string of the molecule is Cc1cc(C(C)n2c(Cl)nnc2C2CC2)c(C)s1. The van der Waals surface area contributed by atoms with Gasteiger partial charge in [-0.3, -0.25) is 4.57 Å². The van der Waals surface area contributed by atoms with Gasteiger partial charge in [0.05, 0.1) is 6.04 Å². The molecule has 1 saturated carbocycles. The zero-order valence-electron chi connectivity index (χ0n) is 10.8. The van der Waals surface area contributed by atoms with Gasteiger partial charge in [-0.15, -0.1) is 21.5 Å². The first-order valence-electron chi connectivity index (χ1n) is 6.25. The van der Waals surface area contributed by atoms with E-state index in [1.807, 2.05) is 11.3 Å². The van der Waals surface area contributed by atoms with Crippen LogP contribution in [0.25, 0.3) is 0 Å². The summed E-state index contributed by atoms with van der Waals surface area (Å²) in [6, 6.07) is 2.46. The molecule has 5 heteroatoms. The summed E-state index contributed by atoms with van der Waals surface area (Å²) in [4.78, 5) is 2.69. The van der Waals surface area contributed by atoms with E-state index in [2.05, 4.69) is 41.6 Å². The topological polar surface area (TPSA) is 30.7 Å². The van der Waals surface area contributed by atoms with Crippen molar-refractivity contribution in [1.29, 1.82) is 0 Å². The fourth-order valence-corrected chi connectivity index (χ4v) is 3.75. The van der Waals surface area contributed by atoms with Gasteiger partial charge in [-0.1, -0.05) is 0 Å². The number of thiophene rings is 1. The van der Waals surface area contributed by atoms with E-state index in [4.69, 9.17) is 11.6 Å². The molecule has 1 unspecified atom stereocenters. The lowest BCUT2D eigenvalue weighted by Crippen LogP contribution is -2.10. The number of hydrogen-bond acceptors (Lipinski definition) is 3. The highest BCUT2D eigenvalue weighted by Gasteiger charge is 2.32. The molecule has 0 aromatic carbocycles. The summed E-state index contributed by atoms with van der Waals surface area (Å²) in [5.41, 5.74) is 1.33. The van der Waals surface area contributed by atoms with Crippen LogP contribution >= 0.6 is 22.9 Å². The number of aryl methyl sites for hydroxylation is 2. The highest BCUT2D eigenvalue weighted by Crippen LogP contribution is 2.42. The molecular weight excluding hydrogens is 266 g/mol. The standard InChI is InChI=1S/C13H16ClN3S/c1-7-6-11(9(3)18-7)8(2)17-12(10-4-5-10)15-16-13(17)14/h6,8,10H,4-5H2,1-3H3. The maximum atomic E-state index is 6.21. The third-order valence-corrected chi connectivity index (χ3v) is 4.78. The molecule has 96 valence electrons. The Kier molecular flexibility index (Phi) is 2.94. The van der Waals surface area contributed by atoms with Gasteiger partial charge in [0.1, 0.15) is 5.82 Å². The molecule has 0 radical (unpaired) electrons. The fraction of sp³-hybridized carbons (Fsp3) is 0.538. The van der Waals surface area contributed by atoms with Crippen molar-refractivity contribution in [3.05, 3.63) is 32.5 Å². The second-order valence-corrected chi connectivity index (χ2v) is 6.81. The van der Waals surface area contributed by atoms with Gasteiger partial charge in [0.25, 0.3) is 0 Å². The molecule has 0 aliphatic heterocycles. The Morgan fingerprint density at radius 3 is 2.67 bits per heavy atom. The van der Waals surface area contributed by atoms with Gasteiger partial charge < -0.3 is 0 Å². The molecule has 0 saturated heterocycles. The predicted octanol–water partition coefficient (Wildman–Crippen LogP) is 4.10. The third kappa shape index (κ3) is 1.97. The molecule has 1 fully saturated rings. The third-order valence-electron chi connectivity index (χ3n) is 3.54. The summed E-state index contributed by atoms with van der Waals surface area (Å²) in [5, 5.41) is 8.79. The monoisotopic (exact) mass is 281 g/mol. The Morgan fingerprint density at radius 2 is 2.11 bits per heavy atom. The Labute approximate surface area is 116 Å². The average Bonchev–Trinajstić information content (AvgIpc) is 3.01. The van der Waals surface area contributed by atoms with Crippen LogP contribution in [-0.4, -0.2) is 14.8 Å². The number of halogens is 1. The predicted molar refractivity (Wildman–Crippen MR) is 74.6 cm³/mol. The molecule has 1 aliphatic rings. The van der Waals surface area contributed by atoms with Crippen molar-refractivity contribution in [2.45, 2.75) is 45.6 Å². The van der Waals surface area contributed by atoms with Crippen LogP contribution in [0.4, 0.5) is 0 Å². The molecule has 3 nitrogen and oxygen atoms in total.